The van der Waals surface area contributed by atoms with E-state index in [2.05, 4.69) is 16.8 Å². The van der Waals surface area contributed by atoms with E-state index in [0.717, 1.165) is 5.56 Å². The van der Waals surface area contributed by atoms with Crippen molar-refractivity contribution in [3.05, 3.63) is 35.9 Å². The van der Waals surface area contributed by atoms with Gasteiger partial charge in [0.05, 0.1) is 6.34 Å². The first-order valence-corrected chi connectivity index (χ1v) is 4.50. The molecule has 0 unspecified atom stereocenters. The molecule has 0 bridgehead atoms. The van der Waals surface area contributed by atoms with Crippen molar-refractivity contribution < 1.29 is 4.79 Å². The highest BCUT2D eigenvalue weighted by Crippen LogP contribution is 1.94. The van der Waals surface area contributed by atoms with Gasteiger partial charge in [0.25, 0.3) is 0 Å². The Morgan fingerprint density at radius 2 is 2.00 bits per heavy atom. The zero-order valence-corrected chi connectivity index (χ0v) is 8.77. The molecule has 0 aliphatic rings. The molecular formula is C12H12N2O. The Balaban J connectivity index is 2.63. The molecular weight excluding hydrogens is 188 g/mol. The number of benzene rings is 1. The van der Waals surface area contributed by atoms with Crippen LogP contribution < -0.4 is 0 Å². The van der Waals surface area contributed by atoms with Crippen LogP contribution in [0.2, 0.25) is 0 Å². The fraction of sp³-hybridized carbons (Fsp3) is 0.167. The van der Waals surface area contributed by atoms with Crippen LogP contribution >= 0.6 is 0 Å². The van der Waals surface area contributed by atoms with Gasteiger partial charge in [-0.2, -0.15) is 4.99 Å². The quantitative estimate of drug-likeness (QED) is 0.387. The topological polar surface area (TPSA) is 32.7 Å². The third-order valence-electron chi connectivity index (χ3n) is 1.49. The third kappa shape index (κ3) is 4.63. The average molecular weight is 200 g/mol. The van der Waals surface area contributed by atoms with Gasteiger partial charge in [-0.15, -0.1) is 0 Å². The third-order valence-corrected chi connectivity index (χ3v) is 1.49. The van der Waals surface area contributed by atoms with Crippen molar-refractivity contribution >= 4 is 12.2 Å². The van der Waals surface area contributed by atoms with Gasteiger partial charge in [-0.1, -0.05) is 24.1 Å². The Morgan fingerprint density at radius 1 is 1.33 bits per heavy atom. The molecule has 0 aliphatic carbocycles. The van der Waals surface area contributed by atoms with Crippen molar-refractivity contribution in [2.45, 2.75) is 0 Å². The summed E-state index contributed by atoms with van der Waals surface area (Å²) in [7, 11) is 3.59. The SMILES string of the molecule is CN(C)C=NC(=O)C#Cc1ccccc1. The fourth-order valence-corrected chi connectivity index (χ4v) is 0.847. The molecule has 3 heteroatoms. The number of rotatable bonds is 1. The first-order chi connectivity index (χ1) is 7.18. The Bertz CT molecular complexity index is 410. The highest BCUT2D eigenvalue weighted by molar-refractivity contribution is 5.98. The zero-order chi connectivity index (χ0) is 11.1. The molecule has 1 aromatic rings. The summed E-state index contributed by atoms with van der Waals surface area (Å²) in [6, 6.07) is 9.33. The summed E-state index contributed by atoms with van der Waals surface area (Å²) in [5.74, 6) is 4.74. The molecule has 0 fully saturated rings. The van der Waals surface area contributed by atoms with E-state index in [1.807, 2.05) is 30.3 Å². The molecule has 1 rings (SSSR count). The van der Waals surface area contributed by atoms with Gasteiger partial charge in [0.1, 0.15) is 0 Å². The van der Waals surface area contributed by atoms with Gasteiger partial charge in [0.2, 0.25) is 0 Å². The number of nitrogens with zero attached hydrogens (tertiary/aromatic N) is 2. The van der Waals surface area contributed by atoms with E-state index in [-0.39, 0.29) is 0 Å². The van der Waals surface area contributed by atoms with Gasteiger partial charge >= 0.3 is 5.91 Å². The predicted molar refractivity (Wildman–Crippen MR) is 60.5 cm³/mol. The van der Waals surface area contributed by atoms with E-state index in [1.165, 1.54) is 6.34 Å². The van der Waals surface area contributed by atoms with Gasteiger partial charge < -0.3 is 4.90 Å². The summed E-state index contributed by atoms with van der Waals surface area (Å²) in [6.45, 7) is 0. The van der Waals surface area contributed by atoms with Crippen molar-refractivity contribution in [3.8, 4) is 11.8 Å². The monoisotopic (exact) mass is 200 g/mol. The molecule has 1 aromatic carbocycles. The van der Waals surface area contributed by atoms with E-state index in [9.17, 15) is 4.79 Å². The lowest BCUT2D eigenvalue weighted by atomic mass is 10.2. The Morgan fingerprint density at radius 3 is 2.60 bits per heavy atom. The van der Waals surface area contributed by atoms with Gasteiger partial charge in [0, 0.05) is 25.6 Å². The molecule has 1 amide bonds. The number of aliphatic imine (C=N–C) groups is 1. The number of carbonyl (C=O) groups excluding carboxylic acids is 1. The van der Waals surface area contributed by atoms with Crippen LogP contribution in [-0.2, 0) is 4.79 Å². The van der Waals surface area contributed by atoms with E-state index >= 15 is 0 Å². The van der Waals surface area contributed by atoms with Gasteiger partial charge in [-0.3, -0.25) is 4.79 Å². The minimum atomic E-state index is -0.437. The summed E-state index contributed by atoms with van der Waals surface area (Å²) in [5, 5.41) is 0. The molecule has 0 aromatic heterocycles. The largest absolute Gasteiger partial charge is 0.369 e. The standard InChI is InChI=1S/C12H12N2O/c1-14(2)10-13-12(15)9-8-11-6-4-3-5-7-11/h3-7,10H,1-2H3. The fourth-order valence-electron chi connectivity index (χ4n) is 0.847. The zero-order valence-electron chi connectivity index (χ0n) is 8.77. The van der Waals surface area contributed by atoms with E-state index < -0.39 is 5.91 Å². The molecule has 0 aliphatic heterocycles. The molecule has 0 heterocycles. The first-order valence-electron chi connectivity index (χ1n) is 4.50. The van der Waals surface area contributed by atoms with Crippen molar-refractivity contribution in [1.29, 1.82) is 0 Å². The van der Waals surface area contributed by atoms with Crippen LogP contribution in [0.3, 0.4) is 0 Å². The summed E-state index contributed by atoms with van der Waals surface area (Å²) >= 11 is 0. The molecule has 15 heavy (non-hydrogen) atoms. The van der Waals surface area contributed by atoms with Gasteiger partial charge in [-0.05, 0) is 12.1 Å². The van der Waals surface area contributed by atoms with Crippen molar-refractivity contribution in [3.63, 3.8) is 0 Å². The first kappa shape index (κ1) is 11.0. The lowest BCUT2D eigenvalue weighted by Gasteiger charge is -1.99. The smallest absolute Gasteiger partial charge is 0.323 e. The molecule has 76 valence electrons. The van der Waals surface area contributed by atoms with Crippen LogP contribution in [0.4, 0.5) is 0 Å². The number of amides is 1. The maximum absolute atomic E-state index is 11.1. The van der Waals surface area contributed by atoms with Crippen molar-refractivity contribution in [2.75, 3.05) is 14.1 Å². The van der Waals surface area contributed by atoms with Crippen LogP contribution in [0.25, 0.3) is 0 Å². The molecule has 0 atom stereocenters. The molecule has 0 saturated carbocycles. The summed E-state index contributed by atoms with van der Waals surface area (Å²) in [6.07, 6.45) is 1.43. The second kappa shape index (κ2) is 5.61. The lowest BCUT2D eigenvalue weighted by Crippen LogP contribution is -2.09. The van der Waals surface area contributed by atoms with E-state index in [4.69, 9.17) is 0 Å². The van der Waals surface area contributed by atoms with Crippen molar-refractivity contribution in [2.24, 2.45) is 4.99 Å². The summed E-state index contributed by atoms with van der Waals surface area (Å²) < 4.78 is 0. The minimum Gasteiger partial charge on any atom is -0.369 e. The highest BCUT2D eigenvalue weighted by atomic mass is 16.1. The molecule has 0 radical (unpaired) electrons. The summed E-state index contributed by atoms with van der Waals surface area (Å²) in [4.78, 5) is 16.4. The van der Waals surface area contributed by atoms with Crippen LogP contribution in [0, 0.1) is 11.8 Å². The normalized spacial score (nSPS) is 9.47. The molecule has 3 nitrogen and oxygen atoms in total. The van der Waals surface area contributed by atoms with Crippen LogP contribution in [0.1, 0.15) is 5.56 Å². The molecule has 0 N–H and O–H groups in total. The maximum Gasteiger partial charge on any atom is 0.323 e. The van der Waals surface area contributed by atoms with Crippen LogP contribution in [0.15, 0.2) is 35.3 Å². The van der Waals surface area contributed by atoms with Crippen LogP contribution in [-0.4, -0.2) is 31.2 Å². The Labute approximate surface area is 89.4 Å². The average Bonchev–Trinajstić information content (AvgIpc) is 2.25. The predicted octanol–water partition coefficient (Wildman–Crippen LogP) is 1.15. The maximum atomic E-state index is 11.1. The lowest BCUT2D eigenvalue weighted by molar-refractivity contribution is -0.112. The Kier molecular flexibility index (Phi) is 4.11. The number of hydrogen-bond donors (Lipinski definition) is 0. The molecule has 0 saturated heterocycles. The van der Waals surface area contributed by atoms with E-state index in [1.54, 1.807) is 19.0 Å². The van der Waals surface area contributed by atoms with Crippen molar-refractivity contribution in [1.82, 2.24) is 4.90 Å². The Hall–Kier alpha value is -2.08. The van der Waals surface area contributed by atoms with Gasteiger partial charge in [0.15, 0.2) is 0 Å². The second-order valence-electron chi connectivity index (χ2n) is 3.13. The highest BCUT2D eigenvalue weighted by Gasteiger charge is 1.89. The van der Waals surface area contributed by atoms with Crippen LogP contribution in [0.5, 0.6) is 0 Å². The number of hydrogen-bond acceptors (Lipinski definition) is 1. The number of carbonyl (C=O) groups is 1. The van der Waals surface area contributed by atoms with Gasteiger partial charge in [-0.25, -0.2) is 0 Å². The molecule has 0 spiro atoms. The minimum absolute atomic E-state index is 0.437. The second-order valence-corrected chi connectivity index (χ2v) is 3.13. The van der Waals surface area contributed by atoms with E-state index in [0.29, 0.717) is 0 Å². The summed E-state index contributed by atoms with van der Waals surface area (Å²) in [5.41, 5.74) is 0.811.